The summed E-state index contributed by atoms with van der Waals surface area (Å²) in [5.74, 6) is 0.157. The second-order valence-corrected chi connectivity index (χ2v) is 6.99. The van der Waals surface area contributed by atoms with Gasteiger partial charge < -0.3 is 14.8 Å². The molecule has 0 aliphatic heterocycles. The highest BCUT2D eigenvalue weighted by molar-refractivity contribution is 6.42. The first-order valence-corrected chi connectivity index (χ1v) is 9.20. The molecular formula is C20H23Cl2NO3. The molecule has 1 N–H and O–H groups in total. The summed E-state index contributed by atoms with van der Waals surface area (Å²) in [6.07, 6.45) is -0.492. The monoisotopic (exact) mass is 395 g/mol. The zero-order valence-electron chi connectivity index (χ0n) is 15.1. The van der Waals surface area contributed by atoms with Crippen LogP contribution in [-0.2, 0) is 22.7 Å². The van der Waals surface area contributed by atoms with Crippen molar-refractivity contribution in [2.45, 2.75) is 46.1 Å². The maximum Gasteiger partial charge on any atom is 0.261 e. The molecule has 0 bridgehead atoms. The molecule has 0 spiro atoms. The highest BCUT2D eigenvalue weighted by Crippen LogP contribution is 2.32. The number of benzene rings is 2. The molecule has 0 radical (unpaired) electrons. The summed E-state index contributed by atoms with van der Waals surface area (Å²) < 4.78 is 11.2. The van der Waals surface area contributed by atoms with E-state index >= 15 is 0 Å². The van der Waals surface area contributed by atoms with Crippen molar-refractivity contribution >= 4 is 29.1 Å². The summed E-state index contributed by atoms with van der Waals surface area (Å²) in [6, 6.07) is 13.0. The fourth-order valence-corrected chi connectivity index (χ4v) is 2.50. The van der Waals surface area contributed by atoms with Gasteiger partial charge in [-0.15, -0.1) is 0 Å². The lowest BCUT2D eigenvalue weighted by atomic mass is 10.1. The Morgan fingerprint density at radius 2 is 1.69 bits per heavy atom. The molecular weight excluding hydrogens is 373 g/mol. The van der Waals surface area contributed by atoms with Gasteiger partial charge in [-0.2, -0.15) is 0 Å². The Labute approximate surface area is 164 Å². The molecule has 6 heteroatoms. The predicted molar refractivity (Wildman–Crippen MR) is 105 cm³/mol. The Balaban J connectivity index is 1.84. The molecule has 2 aromatic rings. The van der Waals surface area contributed by atoms with Crippen molar-refractivity contribution in [2.75, 3.05) is 0 Å². The van der Waals surface area contributed by atoms with Gasteiger partial charge in [0.05, 0.1) is 17.7 Å². The number of rotatable bonds is 8. The van der Waals surface area contributed by atoms with Crippen LogP contribution in [0.15, 0.2) is 42.5 Å². The van der Waals surface area contributed by atoms with Crippen molar-refractivity contribution in [3.8, 4) is 5.75 Å². The highest BCUT2D eigenvalue weighted by atomic mass is 35.5. The number of carbonyl (C=O) groups is 1. The minimum absolute atomic E-state index is 0.198. The topological polar surface area (TPSA) is 47.6 Å². The molecule has 0 fully saturated rings. The molecule has 0 aliphatic rings. The van der Waals surface area contributed by atoms with Crippen molar-refractivity contribution in [1.29, 1.82) is 0 Å². The van der Waals surface area contributed by atoms with E-state index in [9.17, 15) is 4.79 Å². The number of amides is 1. The minimum Gasteiger partial charge on any atom is -0.479 e. The molecule has 1 amide bonds. The molecule has 140 valence electrons. The van der Waals surface area contributed by atoms with Gasteiger partial charge in [-0.3, -0.25) is 4.79 Å². The van der Waals surface area contributed by atoms with E-state index in [-0.39, 0.29) is 12.0 Å². The SMILES string of the molecule is CC(C)OCc1ccc(CNC(=O)C(C)Oc2cccc(Cl)c2Cl)cc1. The molecule has 26 heavy (non-hydrogen) atoms. The van der Waals surface area contributed by atoms with Crippen molar-refractivity contribution in [1.82, 2.24) is 5.32 Å². The van der Waals surface area contributed by atoms with Crippen molar-refractivity contribution < 1.29 is 14.3 Å². The third-order valence-corrected chi connectivity index (χ3v) is 4.46. The van der Waals surface area contributed by atoms with Gasteiger partial charge in [-0.25, -0.2) is 0 Å². The van der Waals surface area contributed by atoms with Crippen molar-refractivity contribution in [2.24, 2.45) is 0 Å². The van der Waals surface area contributed by atoms with Crippen LogP contribution in [0.2, 0.25) is 10.0 Å². The van der Waals surface area contributed by atoms with Crippen LogP contribution in [0.3, 0.4) is 0 Å². The lowest BCUT2D eigenvalue weighted by molar-refractivity contribution is -0.127. The second kappa shape index (κ2) is 9.81. The van der Waals surface area contributed by atoms with Crippen LogP contribution in [0.4, 0.5) is 0 Å². The van der Waals surface area contributed by atoms with Crippen molar-refractivity contribution in [3.63, 3.8) is 0 Å². The molecule has 2 aromatic carbocycles. The molecule has 0 saturated carbocycles. The first kappa shape index (κ1) is 20.6. The Kier molecular flexibility index (Phi) is 7.76. The molecule has 4 nitrogen and oxygen atoms in total. The smallest absolute Gasteiger partial charge is 0.261 e. The molecule has 0 heterocycles. The van der Waals surface area contributed by atoms with Crippen LogP contribution in [0, 0.1) is 0 Å². The summed E-state index contributed by atoms with van der Waals surface area (Å²) in [5.41, 5.74) is 2.10. The molecule has 0 aliphatic carbocycles. The third-order valence-electron chi connectivity index (χ3n) is 3.66. The maximum atomic E-state index is 12.2. The summed E-state index contributed by atoms with van der Waals surface area (Å²) in [7, 11) is 0. The first-order valence-electron chi connectivity index (χ1n) is 8.44. The fourth-order valence-electron chi connectivity index (χ4n) is 2.17. The zero-order valence-corrected chi connectivity index (χ0v) is 16.6. The van der Waals surface area contributed by atoms with Gasteiger partial charge in [0.25, 0.3) is 5.91 Å². The first-order chi connectivity index (χ1) is 12.4. The average Bonchev–Trinajstić information content (AvgIpc) is 2.62. The van der Waals surface area contributed by atoms with E-state index in [2.05, 4.69) is 5.32 Å². The lowest BCUT2D eigenvalue weighted by Gasteiger charge is -2.16. The Morgan fingerprint density at radius 3 is 2.35 bits per heavy atom. The normalized spacial score (nSPS) is 12.1. The van der Waals surface area contributed by atoms with E-state index < -0.39 is 6.10 Å². The maximum absolute atomic E-state index is 12.2. The standard InChI is InChI=1S/C20H23Cl2NO3/c1-13(2)25-12-16-9-7-15(8-10-16)11-23-20(24)14(3)26-18-6-4-5-17(21)19(18)22/h4-10,13-14H,11-12H2,1-3H3,(H,23,24). The average molecular weight is 396 g/mol. The van der Waals surface area contributed by atoms with E-state index in [1.807, 2.05) is 38.1 Å². The van der Waals surface area contributed by atoms with Gasteiger partial charge in [0.2, 0.25) is 0 Å². The Morgan fingerprint density at radius 1 is 1.04 bits per heavy atom. The van der Waals surface area contributed by atoms with Gasteiger partial charge >= 0.3 is 0 Å². The van der Waals surface area contributed by atoms with Gasteiger partial charge in [0.15, 0.2) is 6.10 Å². The van der Waals surface area contributed by atoms with Gasteiger partial charge in [-0.1, -0.05) is 53.5 Å². The van der Waals surface area contributed by atoms with E-state index in [0.717, 1.165) is 11.1 Å². The number of hydrogen-bond acceptors (Lipinski definition) is 3. The summed E-state index contributed by atoms with van der Waals surface area (Å²) in [4.78, 5) is 12.2. The van der Waals surface area contributed by atoms with E-state index in [4.69, 9.17) is 32.7 Å². The van der Waals surface area contributed by atoms with Gasteiger partial charge in [-0.05, 0) is 44.0 Å². The summed E-state index contributed by atoms with van der Waals surface area (Å²) >= 11 is 12.0. The lowest BCUT2D eigenvalue weighted by Crippen LogP contribution is -2.35. The molecule has 0 aromatic heterocycles. The van der Waals surface area contributed by atoms with Crippen LogP contribution in [0.5, 0.6) is 5.75 Å². The quantitative estimate of drug-likeness (QED) is 0.683. The number of carbonyl (C=O) groups excluding carboxylic acids is 1. The number of ether oxygens (including phenoxy) is 2. The Hall–Kier alpha value is -1.75. The zero-order chi connectivity index (χ0) is 19.1. The number of halogens is 2. The largest absolute Gasteiger partial charge is 0.479 e. The predicted octanol–water partition coefficient (Wildman–Crippen LogP) is 5.00. The molecule has 1 atom stereocenters. The van der Waals surface area contributed by atoms with Crippen LogP contribution in [0.25, 0.3) is 0 Å². The highest BCUT2D eigenvalue weighted by Gasteiger charge is 2.16. The van der Waals surface area contributed by atoms with E-state index in [1.54, 1.807) is 25.1 Å². The molecule has 1 unspecified atom stereocenters. The Bertz CT molecular complexity index is 732. The summed E-state index contributed by atoms with van der Waals surface area (Å²) in [5, 5.41) is 3.54. The van der Waals surface area contributed by atoms with Crippen molar-refractivity contribution in [3.05, 3.63) is 63.6 Å². The van der Waals surface area contributed by atoms with E-state index in [0.29, 0.717) is 28.9 Å². The van der Waals surface area contributed by atoms with Crippen LogP contribution < -0.4 is 10.1 Å². The second-order valence-electron chi connectivity index (χ2n) is 6.21. The van der Waals surface area contributed by atoms with Gasteiger partial charge in [0.1, 0.15) is 10.8 Å². The number of nitrogens with one attached hydrogen (secondary N) is 1. The van der Waals surface area contributed by atoms with Crippen LogP contribution >= 0.6 is 23.2 Å². The molecule has 0 saturated heterocycles. The van der Waals surface area contributed by atoms with Gasteiger partial charge in [0, 0.05) is 6.54 Å². The van der Waals surface area contributed by atoms with E-state index in [1.165, 1.54) is 0 Å². The third kappa shape index (κ3) is 6.20. The molecule has 2 rings (SSSR count). The summed E-state index contributed by atoms with van der Waals surface area (Å²) in [6.45, 7) is 6.67. The minimum atomic E-state index is -0.690. The van der Waals surface area contributed by atoms with Crippen LogP contribution in [-0.4, -0.2) is 18.1 Å². The number of hydrogen-bond donors (Lipinski definition) is 1. The fraction of sp³-hybridized carbons (Fsp3) is 0.350. The van der Waals surface area contributed by atoms with Crippen LogP contribution in [0.1, 0.15) is 31.9 Å².